The maximum Gasteiger partial charge on any atom is 0.176 e. The molecule has 0 bridgehead atoms. The predicted molar refractivity (Wildman–Crippen MR) is 117 cm³/mol. The lowest BCUT2D eigenvalue weighted by molar-refractivity contribution is 0.101. The number of hydrogen-bond acceptors (Lipinski definition) is 7. The van der Waals surface area contributed by atoms with E-state index < -0.39 is 0 Å². The van der Waals surface area contributed by atoms with Crippen molar-refractivity contribution in [2.24, 2.45) is 0 Å². The molecule has 0 unspecified atom stereocenters. The van der Waals surface area contributed by atoms with Crippen LogP contribution in [0.3, 0.4) is 0 Å². The minimum absolute atomic E-state index is 0.0472. The van der Waals surface area contributed by atoms with E-state index in [0.717, 1.165) is 26.4 Å². The fourth-order valence-electron chi connectivity index (χ4n) is 3.03. The number of nitrogens with zero attached hydrogens (tertiary/aromatic N) is 2. The molecule has 0 saturated carbocycles. The predicted octanol–water partition coefficient (Wildman–Crippen LogP) is 5.35. The summed E-state index contributed by atoms with van der Waals surface area (Å²) in [7, 11) is 3.13. The molecule has 0 aliphatic rings. The number of benzene rings is 2. The van der Waals surface area contributed by atoms with Crippen LogP contribution < -0.4 is 9.47 Å². The van der Waals surface area contributed by atoms with Crippen LogP contribution in [-0.4, -0.2) is 35.7 Å². The SMILES string of the molecule is COc1ccc(OC)c(C(=O)CSc2ncnc3scc(-c4ccccc4)c23)c1. The minimum atomic E-state index is -0.0472. The molecule has 0 N–H and O–H groups in total. The van der Waals surface area contributed by atoms with Crippen molar-refractivity contribution in [3.8, 4) is 22.6 Å². The number of methoxy groups -OCH3 is 2. The Bertz CT molecular complexity index is 1160. The number of carbonyl (C=O) groups is 1. The van der Waals surface area contributed by atoms with E-state index in [-0.39, 0.29) is 11.5 Å². The molecule has 0 atom stereocenters. The summed E-state index contributed by atoms with van der Waals surface area (Å²) in [6.07, 6.45) is 1.55. The summed E-state index contributed by atoms with van der Waals surface area (Å²) in [6.45, 7) is 0. The normalized spacial score (nSPS) is 10.8. The van der Waals surface area contributed by atoms with E-state index in [2.05, 4.69) is 27.5 Å². The third-order valence-corrected chi connectivity index (χ3v) is 6.34. The summed E-state index contributed by atoms with van der Waals surface area (Å²) in [4.78, 5) is 22.7. The van der Waals surface area contributed by atoms with Crippen LogP contribution >= 0.6 is 23.1 Å². The molecule has 0 spiro atoms. The van der Waals surface area contributed by atoms with Crippen LogP contribution in [0.4, 0.5) is 0 Å². The quantitative estimate of drug-likeness (QED) is 0.227. The van der Waals surface area contributed by atoms with E-state index in [0.29, 0.717) is 17.1 Å². The molecule has 29 heavy (non-hydrogen) atoms. The van der Waals surface area contributed by atoms with Gasteiger partial charge in [-0.15, -0.1) is 11.3 Å². The molecule has 0 amide bonds. The first-order chi connectivity index (χ1) is 14.2. The Kier molecular flexibility index (Phi) is 5.78. The first kappa shape index (κ1) is 19.4. The lowest BCUT2D eigenvalue weighted by atomic mass is 10.1. The van der Waals surface area contributed by atoms with E-state index in [1.807, 2.05) is 18.2 Å². The Balaban J connectivity index is 1.64. The van der Waals surface area contributed by atoms with Gasteiger partial charge in [0.2, 0.25) is 0 Å². The maximum atomic E-state index is 12.9. The Morgan fingerprint density at radius 2 is 1.90 bits per heavy atom. The van der Waals surface area contributed by atoms with Crippen molar-refractivity contribution in [2.75, 3.05) is 20.0 Å². The highest BCUT2D eigenvalue weighted by Gasteiger charge is 2.17. The first-order valence-electron chi connectivity index (χ1n) is 8.87. The lowest BCUT2D eigenvalue weighted by Gasteiger charge is -2.10. The minimum Gasteiger partial charge on any atom is -0.497 e. The van der Waals surface area contributed by atoms with Gasteiger partial charge < -0.3 is 9.47 Å². The number of aromatic nitrogens is 2. The number of carbonyl (C=O) groups excluding carboxylic acids is 1. The van der Waals surface area contributed by atoms with Gasteiger partial charge in [0.1, 0.15) is 27.7 Å². The number of fused-ring (bicyclic) bond motifs is 1. The van der Waals surface area contributed by atoms with Gasteiger partial charge in [0.25, 0.3) is 0 Å². The zero-order chi connectivity index (χ0) is 20.2. The van der Waals surface area contributed by atoms with Gasteiger partial charge in [-0.3, -0.25) is 4.79 Å². The molecule has 5 nitrogen and oxygen atoms in total. The summed E-state index contributed by atoms with van der Waals surface area (Å²) in [5.41, 5.74) is 2.69. The van der Waals surface area contributed by atoms with Crippen molar-refractivity contribution in [3.63, 3.8) is 0 Å². The zero-order valence-corrected chi connectivity index (χ0v) is 17.5. The highest BCUT2D eigenvalue weighted by Crippen LogP contribution is 2.38. The monoisotopic (exact) mass is 422 g/mol. The fraction of sp³-hybridized carbons (Fsp3) is 0.136. The third kappa shape index (κ3) is 3.97. The summed E-state index contributed by atoms with van der Waals surface area (Å²) in [5, 5.41) is 3.87. The summed E-state index contributed by atoms with van der Waals surface area (Å²) in [6, 6.07) is 15.4. The summed E-state index contributed by atoms with van der Waals surface area (Å²) >= 11 is 2.99. The Morgan fingerprint density at radius 3 is 2.66 bits per heavy atom. The average Bonchev–Trinajstić information content (AvgIpc) is 3.22. The van der Waals surface area contributed by atoms with Gasteiger partial charge >= 0.3 is 0 Å². The van der Waals surface area contributed by atoms with E-state index >= 15 is 0 Å². The van der Waals surface area contributed by atoms with Crippen molar-refractivity contribution in [2.45, 2.75) is 5.03 Å². The van der Waals surface area contributed by atoms with Gasteiger partial charge in [-0.25, -0.2) is 9.97 Å². The molecule has 4 aromatic rings. The number of thioether (sulfide) groups is 1. The molecule has 146 valence electrons. The van der Waals surface area contributed by atoms with Crippen molar-refractivity contribution in [1.29, 1.82) is 0 Å². The Morgan fingerprint density at radius 1 is 1.07 bits per heavy atom. The first-order valence-corrected chi connectivity index (χ1v) is 10.7. The highest BCUT2D eigenvalue weighted by atomic mass is 32.2. The number of hydrogen-bond donors (Lipinski definition) is 0. The maximum absolute atomic E-state index is 12.9. The smallest absolute Gasteiger partial charge is 0.176 e. The average molecular weight is 423 g/mol. The molecular weight excluding hydrogens is 404 g/mol. The summed E-state index contributed by atoms with van der Waals surface area (Å²) in [5.74, 6) is 1.34. The number of rotatable bonds is 7. The van der Waals surface area contributed by atoms with Crippen LogP contribution in [0.2, 0.25) is 0 Å². The van der Waals surface area contributed by atoms with Crippen molar-refractivity contribution < 1.29 is 14.3 Å². The van der Waals surface area contributed by atoms with Crippen molar-refractivity contribution in [3.05, 3.63) is 65.8 Å². The largest absolute Gasteiger partial charge is 0.497 e. The van der Waals surface area contributed by atoms with Crippen molar-refractivity contribution >= 4 is 39.1 Å². The number of Topliss-reactive ketones (excluding diaryl/α,β-unsaturated/α-hetero) is 1. The lowest BCUT2D eigenvalue weighted by Crippen LogP contribution is -2.06. The summed E-state index contributed by atoms with van der Waals surface area (Å²) < 4.78 is 10.6. The standard InChI is InChI=1S/C22H18N2O3S2/c1-26-15-8-9-19(27-2)16(10-15)18(25)12-29-22-20-17(14-6-4-3-5-7-14)11-28-21(20)23-13-24-22/h3-11,13H,12H2,1-2H3. The van der Waals surface area contributed by atoms with Gasteiger partial charge in [-0.2, -0.15) is 0 Å². The van der Waals surface area contributed by atoms with Crippen LogP contribution in [0.25, 0.3) is 21.3 Å². The zero-order valence-electron chi connectivity index (χ0n) is 15.9. The van der Waals surface area contributed by atoms with Gasteiger partial charge in [0.15, 0.2) is 5.78 Å². The van der Waals surface area contributed by atoms with E-state index in [4.69, 9.17) is 9.47 Å². The third-order valence-electron chi connectivity index (χ3n) is 4.47. The van der Waals surface area contributed by atoms with E-state index in [1.165, 1.54) is 11.8 Å². The fourth-order valence-corrected chi connectivity index (χ4v) is 4.91. The molecule has 0 radical (unpaired) electrons. The molecule has 0 saturated heterocycles. The second-order valence-corrected chi connectivity index (χ2v) is 7.97. The van der Waals surface area contributed by atoms with Gasteiger partial charge in [-0.1, -0.05) is 42.1 Å². The molecule has 2 aromatic carbocycles. The van der Waals surface area contributed by atoms with Crippen molar-refractivity contribution in [1.82, 2.24) is 9.97 Å². The van der Waals surface area contributed by atoms with Crippen LogP contribution in [0.1, 0.15) is 10.4 Å². The molecule has 4 rings (SSSR count). The highest BCUT2D eigenvalue weighted by molar-refractivity contribution is 8.00. The second kappa shape index (κ2) is 8.63. The Hall–Kier alpha value is -2.90. The molecule has 0 fully saturated rings. The molecule has 7 heteroatoms. The molecular formula is C22H18N2O3S2. The molecule has 0 aliphatic carbocycles. The molecule has 2 aromatic heterocycles. The number of ether oxygens (including phenoxy) is 2. The number of ketones is 1. The van der Waals surface area contributed by atoms with Crippen LogP contribution in [0.15, 0.2) is 65.3 Å². The van der Waals surface area contributed by atoms with E-state index in [9.17, 15) is 4.79 Å². The van der Waals surface area contributed by atoms with Crippen LogP contribution in [0, 0.1) is 0 Å². The van der Waals surface area contributed by atoms with Gasteiger partial charge in [0, 0.05) is 10.9 Å². The van der Waals surface area contributed by atoms with Gasteiger partial charge in [0.05, 0.1) is 30.9 Å². The van der Waals surface area contributed by atoms with Crippen LogP contribution in [0.5, 0.6) is 11.5 Å². The Labute approximate surface area is 176 Å². The van der Waals surface area contributed by atoms with Crippen LogP contribution in [-0.2, 0) is 0 Å². The molecule has 2 heterocycles. The second-order valence-electron chi connectivity index (χ2n) is 6.15. The molecule has 0 aliphatic heterocycles. The van der Waals surface area contributed by atoms with Gasteiger partial charge in [-0.05, 0) is 23.8 Å². The van der Waals surface area contributed by atoms with E-state index in [1.54, 1.807) is 50.1 Å². The topological polar surface area (TPSA) is 61.3 Å². The number of thiophene rings is 1.